The number of H-pyrrole nitrogens is 1. The van der Waals surface area contributed by atoms with Gasteiger partial charge in [-0.15, -0.1) is 17.8 Å². The maximum atomic E-state index is 14.7. The molecule has 0 saturated heterocycles. The Morgan fingerprint density at radius 1 is 1.47 bits per heavy atom. The second-order valence-corrected chi connectivity index (χ2v) is 8.93. The molecule has 32 heavy (non-hydrogen) atoms. The topological polar surface area (TPSA) is 63.0 Å². The third-order valence-corrected chi connectivity index (χ3v) is 6.52. The minimum absolute atomic E-state index is 0.220. The van der Waals surface area contributed by atoms with E-state index in [-0.39, 0.29) is 17.4 Å². The number of aromatic nitrogens is 3. The van der Waals surface area contributed by atoms with Crippen LogP contribution in [0.5, 0.6) is 0 Å². The second kappa shape index (κ2) is 8.67. The Labute approximate surface area is 187 Å². The first-order valence-corrected chi connectivity index (χ1v) is 11.1. The van der Waals surface area contributed by atoms with Gasteiger partial charge in [0.25, 0.3) is 5.56 Å². The van der Waals surface area contributed by atoms with E-state index in [4.69, 9.17) is 11.4 Å². The van der Waals surface area contributed by atoms with Gasteiger partial charge in [-0.2, -0.15) is 4.39 Å². The van der Waals surface area contributed by atoms with Crippen molar-refractivity contribution < 1.29 is 8.78 Å². The Bertz CT molecular complexity index is 1440. The molecule has 0 bridgehead atoms. The molecule has 1 aliphatic rings. The molecule has 1 N–H and O–H groups in total. The number of nitrogens with one attached hydrogen (secondary N) is 1. The standard InChI is InChI=1S/C24H22F2N4OS/c1-5-15(7-8-16(25)6-2)19-9-10-20-22(26)23(31)29-24(30(19)20)28-17-12-21-18(11-13(17)3)27-14(4)32-21/h1,6-8,11-12,15,19H,9-10H2,2-4H3,(H,28,29,31)/b8-7-,16-6+. The van der Waals surface area contributed by atoms with Crippen LogP contribution in [0.2, 0.25) is 0 Å². The minimum Gasteiger partial charge on any atom is -0.308 e. The minimum atomic E-state index is -0.837. The fraction of sp³-hybridized carbons (Fsp3) is 0.292. The number of halogens is 2. The number of hydrogen-bond acceptors (Lipinski definition) is 4. The zero-order chi connectivity index (χ0) is 23.0. The van der Waals surface area contributed by atoms with Gasteiger partial charge in [0.05, 0.1) is 38.6 Å². The number of allylic oxidation sites excluding steroid dienone is 4. The van der Waals surface area contributed by atoms with Crippen LogP contribution >= 0.6 is 11.3 Å². The van der Waals surface area contributed by atoms with E-state index >= 15 is 0 Å². The Balaban J connectivity index is 1.90. The molecule has 0 saturated carbocycles. The maximum Gasteiger partial charge on any atom is 0.288 e. The van der Waals surface area contributed by atoms with Gasteiger partial charge in [0, 0.05) is 0 Å². The summed E-state index contributed by atoms with van der Waals surface area (Å²) < 4.78 is 30.9. The van der Waals surface area contributed by atoms with E-state index in [9.17, 15) is 13.6 Å². The molecule has 0 aliphatic carbocycles. The first-order chi connectivity index (χ1) is 15.3. The number of aryl methyl sites for hydroxylation is 2. The van der Waals surface area contributed by atoms with Crippen LogP contribution in [0.15, 0.2) is 46.0 Å². The Morgan fingerprint density at radius 2 is 2.25 bits per heavy atom. The Kier molecular flexibility index (Phi) is 5.94. The summed E-state index contributed by atoms with van der Waals surface area (Å²) in [6.45, 7) is 5.43. The number of benzene rings is 1. The fourth-order valence-corrected chi connectivity index (χ4v) is 4.85. The number of thiazole rings is 1. The molecule has 164 valence electrons. The molecule has 3 heterocycles. The highest BCUT2D eigenvalue weighted by molar-refractivity contribution is 7.18. The van der Waals surface area contributed by atoms with Gasteiger partial charge in [0.2, 0.25) is 11.4 Å². The number of fused-ring (bicyclic) bond motifs is 2. The lowest BCUT2D eigenvalue weighted by atomic mass is 9.98. The summed E-state index contributed by atoms with van der Waals surface area (Å²) in [7, 11) is 0. The largest absolute Gasteiger partial charge is 0.308 e. The van der Waals surface area contributed by atoms with Crippen LogP contribution in [0.3, 0.4) is 0 Å². The molecule has 0 fully saturated rings. The fourth-order valence-electron chi connectivity index (χ4n) is 4.01. The van der Waals surface area contributed by atoms with Gasteiger partial charge in [0.15, 0.2) is 0 Å². The third kappa shape index (κ3) is 3.96. The van der Waals surface area contributed by atoms with Crippen LogP contribution in [-0.2, 0) is 6.42 Å². The van der Waals surface area contributed by atoms with Crippen molar-refractivity contribution in [2.45, 2.75) is 39.7 Å². The van der Waals surface area contributed by atoms with Crippen LogP contribution in [-0.4, -0.2) is 14.5 Å². The highest BCUT2D eigenvalue weighted by Crippen LogP contribution is 2.33. The number of hydrogen-bond donors (Lipinski definition) is 1. The third-order valence-electron chi connectivity index (χ3n) is 5.59. The molecule has 1 aliphatic heterocycles. The van der Waals surface area contributed by atoms with E-state index in [1.807, 2.05) is 26.0 Å². The van der Waals surface area contributed by atoms with E-state index in [1.165, 1.54) is 12.2 Å². The molecule has 3 aromatic rings. The molecule has 5 nitrogen and oxygen atoms in total. The van der Waals surface area contributed by atoms with Crippen LogP contribution in [0.25, 0.3) is 10.2 Å². The molecule has 1 aromatic carbocycles. The Morgan fingerprint density at radius 3 is 2.97 bits per heavy atom. The maximum absolute atomic E-state index is 14.7. The van der Waals surface area contributed by atoms with Gasteiger partial charge in [-0.25, -0.2) is 14.4 Å². The highest BCUT2D eigenvalue weighted by atomic mass is 32.1. The lowest BCUT2D eigenvalue weighted by molar-refractivity contribution is 0.436. The molecule has 4 rings (SSSR count). The molecule has 8 heteroatoms. The van der Waals surface area contributed by atoms with Crippen molar-refractivity contribution in [3.63, 3.8) is 0 Å². The Hall–Kier alpha value is -3.31. The van der Waals surface area contributed by atoms with Crippen molar-refractivity contribution in [2.24, 2.45) is 10.9 Å². The molecule has 2 aromatic heterocycles. The van der Waals surface area contributed by atoms with Gasteiger partial charge in [-0.05, 0) is 57.4 Å². The number of aromatic amines is 1. The van der Waals surface area contributed by atoms with Crippen molar-refractivity contribution in [1.82, 2.24) is 14.5 Å². The predicted octanol–water partition coefficient (Wildman–Crippen LogP) is 4.94. The van der Waals surface area contributed by atoms with Crippen LogP contribution in [0.4, 0.5) is 14.5 Å². The van der Waals surface area contributed by atoms with E-state index in [0.29, 0.717) is 18.5 Å². The molecule has 0 amide bonds. The number of nitrogens with zero attached hydrogens (tertiary/aromatic N) is 3. The van der Waals surface area contributed by atoms with Crippen LogP contribution < -0.4 is 11.2 Å². The van der Waals surface area contributed by atoms with Gasteiger partial charge in [-0.1, -0.05) is 18.1 Å². The second-order valence-electron chi connectivity index (χ2n) is 7.69. The van der Waals surface area contributed by atoms with Crippen LogP contribution in [0, 0.1) is 37.9 Å². The quantitative estimate of drug-likeness (QED) is 0.450. The van der Waals surface area contributed by atoms with Crippen molar-refractivity contribution in [1.29, 1.82) is 0 Å². The summed E-state index contributed by atoms with van der Waals surface area (Å²) in [5.41, 5.74) is 2.06. The van der Waals surface area contributed by atoms with Crippen molar-refractivity contribution in [3.8, 4) is 12.3 Å². The summed E-state index contributed by atoms with van der Waals surface area (Å²) in [5, 5.41) is 0.944. The summed E-state index contributed by atoms with van der Waals surface area (Å²) in [6.07, 6.45) is 10.8. The van der Waals surface area contributed by atoms with E-state index in [1.54, 1.807) is 28.9 Å². The normalized spacial score (nSPS) is 17.8. The molecule has 2 atom stereocenters. The number of terminal acetylenes is 1. The van der Waals surface area contributed by atoms with Crippen molar-refractivity contribution in [2.75, 3.05) is 0 Å². The van der Waals surface area contributed by atoms with E-state index in [0.717, 1.165) is 20.8 Å². The predicted molar refractivity (Wildman–Crippen MR) is 123 cm³/mol. The first kappa shape index (κ1) is 21.9. The number of rotatable bonds is 4. The lowest BCUT2D eigenvalue weighted by Crippen LogP contribution is -2.36. The molecule has 0 radical (unpaired) electrons. The average Bonchev–Trinajstić information content (AvgIpc) is 3.35. The van der Waals surface area contributed by atoms with Crippen molar-refractivity contribution in [3.05, 3.63) is 74.2 Å². The highest BCUT2D eigenvalue weighted by Gasteiger charge is 2.31. The summed E-state index contributed by atoms with van der Waals surface area (Å²) in [6, 6.07) is 3.48. The monoisotopic (exact) mass is 452 g/mol. The zero-order valence-corrected chi connectivity index (χ0v) is 18.8. The van der Waals surface area contributed by atoms with E-state index in [2.05, 4.69) is 15.9 Å². The summed E-state index contributed by atoms with van der Waals surface area (Å²) >= 11 is 1.55. The zero-order valence-electron chi connectivity index (χ0n) is 17.9. The SMILES string of the molecule is C#CC(/C=C\C(F)=C/C)C1CCc2c(F)c(=O)[nH]/c(=N\c3cc4sc(C)nc4cc3C)n21. The molecular weight excluding hydrogens is 430 g/mol. The van der Waals surface area contributed by atoms with E-state index < -0.39 is 23.1 Å². The smallest absolute Gasteiger partial charge is 0.288 e. The lowest BCUT2D eigenvalue weighted by Gasteiger charge is -2.19. The molecule has 0 spiro atoms. The van der Waals surface area contributed by atoms with Gasteiger partial charge >= 0.3 is 0 Å². The first-order valence-electron chi connectivity index (χ1n) is 10.2. The molecular formula is C24H22F2N4OS. The summed E-state index contributed by atoms with van der Waals surface area (Å²) in [5.74, 6) is 0.918. The summed E-state index contributed by atoms with van der Waals surface area (Å²) in [4.78, 5) is 24.0. The van der Waals surface area contributed by atoms with Gasteiger partial charge in [-0.3, -0.25) is 9.78 Å². The van der Waals surface area contributed by atoms with Gasteiger partial charge < -0.3 is 4.57 Å². The molecule has 2 unspecified atom stereocenters. The van der Waals surface area contributed by atoms with Gasteiger partial charge in [0.1, 0.15) is 5.83 Å². The average molecular weight is 453 g/mol. The van der Waals surface area contributed by atoms with Crippen LogP contribution in [0.1, 0.15) is 35.7 Å². The van der Waals surface area contributed by atoms with Crippen molar-refractivity contribution >= 4 is 27.2 Å².